The summed E-state index contributed by atoms with van der Waals surface area (Å²) in [6.45, 7) is 9.63. The van der Waals surface area contributed by atoms with Crippen LogP contribution in [0.15, 0.2) is 0 Å². The number of carboxylic acids is 1. The van der Waals surface area contributed by atoms with E-state index < -0.39 is 17.9 Å². The molecule has 0 spiro atoms. The molecule has 0 heterocycles. The molecule has 0 aromatic heterocycles. The molecule has 1 unspecified atom stereocenters. The van der Waals surface area contributed by atoms with Gasteiger partial charge in [0.2, 0.25) is 11.8 Å². The average Bonchev–Trinajstić information content (AvgIpc) is 2.34. The normalized spacial score (nSPS) is 13.9. The first-order chi connectivity index (χ1) is 9.63. The minimum Gasteiger partial charge on any atom is -0.480 e. The number of carbonyl (C=O) groups is 3. The Balaban J connectivity index is 4.19. The fraction of sp³-hybridized carbons (Fsp3) is 0.800. The molecule has 2 atom stereocenters. The maximum Gasteiger partial charge on any atom is 0.326 e. The van der Waals surface area contributed by atoms with Crippen LogP contribution >= 0.6 is 0 Å². The van der Waals surface area contributed by atoms with Crippen LogP contribution in [0.2, 0.25) is 0 Å². The van der Waals surface area contributed by atoms with E-state index in [2.05, 4.69) is 10.6 Å². The second-order valence-electron chi connectivity index (χ2n) is 6.29. The molecule has 0 bridgehead atoms. The van der Waals surface area contributed by atoms with Crippen molar-refractivity contribution in [1.82, 2.24) is 10.6 Å². The Bertz CT molecular complexity index is 367. The quantitative estimate of drug-likeness (QED) is 0.600. The van der Waals surface area contributed by atoms with Crippen LogP contribution in [0.1, 0.15) is 47.5 Å². The molecule has 122 valence electrons. The van der Waals surface area contributed by atoms with Crippen molar-refractivity contribution < 1.29 is 19.5 Å². The summed E-state index contributed by atoms with van der Waals surface area (Å²) >= 11 is 0. The summed E-state index contributed by atoms with van der Waals surface area (Å²) in [6.07, 6.45) is 0.721. The highest BCUT2D eigenvalue weighted by Crippen LogP contribution is 2.13. The summed E-state index contributed by atoms with van der Waals surface area (Å²) in [6, 6.07) is -0.913. The molecule has 0 fully saturated rings. The van der Waals surface area contributed by atoms with Crippen LogP contribution in [0.25, 0.3) is 0 Å². The molecule has 0 saturated heterocycles. The summed E-state index contributed by atoms with van der Waals surface area (Å²) in [7, 11) is 0. The van der Waals surface area contributed by atoms with Crippen molar-refractivity contribution >= 4 is 17.8 Å². The molecule has 0 aromatic rings. The Morgan fingerprint density at radius 2 is 1.57 bits per heavy atom. The van der Waals surface area contributed by atoms with Crippen molar-refractivity contribution in [3.8, 4) is 0 Å². The predicted octanol–water partition coefficient (Wildman–Crippen LogP) is 1.40. The molecule has 3 N–H and O–H groups in total. The SMILES string of the molecule is CC(C)C[C@H](NC(=O)CNC(=O)CC(C)C(C)C)C(=O)O. The monoisotopic (exact) mass is 300 g/mol. The predicted molar refractivity (Wildman–Crippen MR) is 80.7 cm³/mol. The van der Waals surface area contributed by atoms with Gasteiger partial charge in [0.05, 0.1) is 6.54 Å². The Hall–Kier alpha value is -1.59. The highest BCUT2D eigenvalue weighted by Gasteiger charge is 2.21. The molecule has 0 aliphatic heterocycles. The van der Waals surface area contributed by atoms with Gasteiger partial charge in [-0.3, -0.25) is 9.59 Å². The van der Waals surface area contributed by atoms with Crippen LogP contribution in [-0.4, -0.2) is 35.5 Å². The molecule has 0 saturated carbocycles. The van der Waals surface area contributed by atoms with Crippen LogP contribution in [0.3, 0.4) is 0 Å². The minimum atomic E-state index is -1.06. The number of carbonyl (C=O) groups excluding carboxylic acids is 2. The third kappa shape index (κ3) is 9.05. The molecule has 0 aliphatic rings. The third-order valence-electron chi connectivity index (χ3n) is 3.43. The number of amides is 2. The first-order valence-electron chi connectivity index (χ1n) is 7.42. The molecular formula is C15H28N2O4. The smallest absolute Gasteiger partial charge is 0.326 e. The number of nitrogens with one attached hydrogen (secondary N) is 2. The lowest BCUT2D eigenvalue weighted by molar-refractivity contribution is -0.142. The highest BCUT2D eigenvalue weighted by molar-refractivity contribution is 5.87. The highest BCUT2D eigenvalue weighted by atomic mass is 16.4. The van der Waals surface area contributed by atoms with Crippen molar-refractivity contribution in [3.05, 3.63) is 0 Å². The molecule has 0 rings (SSSR count). The Morgan fingerprint density at radius 1 is 1.00 bits per heavy atom. The maximum absolute atomic E-state index is 11.7. The van der Waals surface area contributed by atoms with Gasteiger partial charge in [0, 0.05) is 6.42 Å². The summed E-state index contributed by atoms with van der Waals surface area (Å²) in [5, 5.41) is 14.0. The topological polar surface area (TPSA) is 95.5 Å². The zero-order valence-corrected chi connectivity index (χ0v) is 13.6. The second kappa shape index (κ2) is 9.37. The van der Waals surface area contributed by atoms with Gasteiger partial charge >= 0.3 is 5.97 Å². The molecule has 6 nitrogen and oxygen atoms in total. The van der Waals surface area contributed by atoms with E-state index in [0.29, 0.717) is 18.8 Å². The molecule has 21 heavy (non-hydrogen) atoms. The van der Waals surface area contributed by atoms with E-state index in [-0.39, 0.29) is 24.3 Å². The van der Waals surface area contributed by atoms with E-state index in [1.54, 1.807) is 0 Å². The van der Waals surface area contributed by atoms with Crippen LogP contribution in [0, 0.1) is 17.8 Å². The lowest BCUT2D eigenvalue weighted by Crippen LogP contribution is -2.46. The van der Waals surface area contributed by atoms with E-state index >= 15 is 0 Å². The van der Waals surface area contributed by atoms with E-state index in [4.69, 9.17) is 5.11 Å². The Kier molecular flexibility index (Phi) is 8.66. The van der Waals surface area contributed by atoms with Gasteiger partial charge in [-0.25, -0.2) is 4.79 Å². The van der Waals surface area contributed by atoms with Gasteiger partial charge in [-0.15, -0.1) is 0 Å². The summed E-state index contributed by atoms with van der Waals surface area (Å²) in [4.78, 5) is 34.4. The summed E-state index contributed by atoms with van der Waals surface area (Å²) in [5.74, 6) is -0.937. The number of hydrogen-bond acceptors (Lipinski definition) is 3. The van der Waals surface area contributed by atoms with Crippen molar-refractivity contribution in [2.45, 2.75) is 53.5 Å². The van der Waals surface area contributed by atoms with Crippen molar-refractivity contribution in [2.75, 3.05) is 6.54 Å². The second-order valence-corrected chi connectivity index (χ2v) is 6.29. The van der Waals surface area contributed by atoms with Gasteiger partial charge in [0.25, 0.3) is 0 Å². The van der Waals surface area contributed by atoms with Crippen LogP contribution in [0.4, 0.5) is 0 Å². The number of aliphatic carboxylic acids is 1. The van der Waals surface area contributed by atoms with Gasteiger partial charge in [-0.05, 0) is 24.2 Å². The molecule has 6 heteroatoms. The van der Waals surface area contributed by atoms with Crippen molar-refractivity contribution in [3.63, 3.8) is 0 Å². The lowest BCUT2D eigenvalue weighted by Gasteiger charge is -2.17. The number of rotatable bonds is 9. The zero-order chi connectivity index (χ0) is 16.6. The van der Waals surface area contributed by atoms with Gasteiger partial charge in [0.15, 0.2) is 0 Å². The number of carboxylic acid groups (broad SMARTS) is 1. The molecule has 0 radical (unpaired) electrons. The Morgan fingerprint density at radius 3 is 2.00 bits per heavy atom. The van der Waals surface area contributed by atoms with E-state index in [9.17, 15) is 14.4 Å². The average molecular weight is 300 g/mol. The molecule has 2 amide bonds. The fourth-order valence-corrected chi connectivity index (χ4v) is 1.72. The zero-order valence-electron chi connectivity index (χ0n) is 13.6. The van der Waals surface area contributed by atoms with Gasteiger partial charge in [-0.1, -0.05) is 34.6 Å². The first kappa shape index (κ1) is 19.4. The van der Waals surface area contributed by atoms with Crippen molar-refractivity contribution in [1.29, 1.82) is 0 Å². The van der Waals surface area contributed by atoms with E-state index in [0.717, 1.165) is 0 Å². The molecular weight excluding hydrogens is 272 g/mol. The van der Waals surface area contributed by atoms with Gasteiger partial charge in [-0.2, -0.15) is 0 Å². The summed E-state index contributed by atoms with van der Waals surface area (Å²) < 4.78 is 0. The summed E-state index contributed by atoms with van der Waals surface area (Å²) in [5.41, 5.74) is 0. The molecule has 0 aromatic carbocycles. The molecule has 0 aliphatic carbocycles. The van der Waals surface area contributed by atoms with Gasteiger partial charge in [0.1, 0.15) is 6.04 Å². The number of hydrogen-bond donors (Lipinski definition) is 3. The lowest BCUT2D eigenvalue weighted by atomic mass is 9.94. The van der Waals surface area contributed by atoms with Gasteiger partial charge < -0.3 is 15.7 Å². The largest absolute Gasteiger partial charge is 0.480 e. The third-order valence-corrected chi connectivity index (χ3v) is 3.43. The Labute approximate surface area is 126 Å². The van der Waals surface area contributed by atoms with E-state index in [1.165, 1.54) is 0 Å². The minimum absolute atomic E-state index is 0.160. The first-order valence-corrected chi connectivity index (χ1v) is 7.42. The fourth-order valence-electron chi connectivity index (χ4n) is 1.72. The standard InChI is InChI=1S/C15H28N2O4/c1-9(2)6-12(15(20)21)17-14(19)8-16-13(18)7-11(5)10(3)4/h9-12H,6-8H2,1-5H3,(H,16,18)(H,17,19)(H,20,21)/t11?,12-/m0/s1. The van der Waals surface area contributed by atoms with E-state index in [1.807, 2.05) is 34.6 Å². The maximum atomic E-state index is 11.7. The van der Waals surface area contributed by atoms with Crippen molar-refractivity contribution in [2.24, 2.45) is 17.8 Å². The van der Waals surface area contributed by atoms with Crippen LogP contribution < -0.4 is 10.6 Å². The van der Waals surface area contributed by atoms with Crippen LogP contribution in [-0.2, 0) is 14.4 Å². The van der Waals surface area contributed by atoms with Crippen LogP contribution in [0.5, 0.6) is 0 Å².